The number of carbonyl (C=O) groups is 2. The first-order valence-corrected chi connectivity index (χ1v) is 8.98. The number of nitrogens with one attached hydrogen (secondary N) is 1. The highest BCUT2D eigenvalue weighted by Gasteiger charge is 2.36. The Hall–Kier alpha value is -2.08. The zero-order chi connectivity index (χ0) is 17.8. The number of carboxylic acid groups (broad SMARTS) is 1. The summed E-state index contributed by atoms with van der Waals surface area (Å²) in [7, 11) is 1.69. The number of aliphatic carboxylic acids is 1. The number of nitrogens with zero attached hydrogens (tertiary/aromatic N) is 1. The molecule has 0 unspecified atom stereocenters. The van der Waals surface area contributed by atoms with E-state index in [-0.39, 0.29) is 11.9 Å². The Morgan fingerprint density at radius 1 is 1.16 bits per heavy atom. The highest BCUT2D eigenvalue weighted by atomic mass is 16.5. The van der Waals surface area contributed by atoms with Crippen molar-refractivity contribution in [2.45, 2.75) is 44.2 Å². The molecule has 0 radical (unpaired) electrons. The Balaban J connectivity index is 1.50. The SMILES string of the molecule is COc1ccccc1CC1CCN(C(=O)[C@H]2CC[C@@H](C(=O)O)N2)CC1. The van der Waals surface area contributed by atoms with Gasteiger partial charge in [-0.3, -0.25) is 14.9 Å². The first kappa shape index (κ1) is 17.7. The molecule has 2 heterocycles. The Morgan fingerprint density at radius 3 is 2.48 bits per heavy atom. The van der Waals surface area contributed by atoms with Gasteiger partial charge in [0.2, 0.25) is 5.91 Å². The third-order valence-electron chi connectivity index (χ3n) is 5.37. The first-order chi connectivity index (χ1) is 12.1. The van der Waals surface area contributed by atoms with E-state index in [1.807, 2.05) is 23.1 Å². The largest absolute Gasteiger partial charge is 0.496 e. The standard InChI is InChI=1S/C19H26N2O4/c1-25-17-5-3-2-4-14(17)12-13-8-10-21(11-9-13)18(22)15-6-7-16(20-15)19(23)24/h2-5,13,15-16,20H,6-12H2,1H3,(H,23,24)/t15-,16+/m1/s1. The fourth-order valence-corrected chi connectivity index (χ4v) is 3.89. The fraction of sp³-hybridized carbons (Fsp3) is 0.579. The molecule has 2 saturated heterocycles. The molecule has 6 heteroatoms. The lowest BCUT2D eigenvalue weighted by molar-refractivity contribution is -0.139. The minimum Gasteiger partial charge on any atom is -0.496 e. The maximum absolute atomic E-state index is 12.6. The quantitative estimate of drug-likeness (QED) is 0.848. The van der Waals surface area contributed by atoms with Crippen LogP contribution in [0.15, 0.2) is 24.3 Å². The third-order valence-corrected chi connectivity index (χ3v) is 5.37. The van der Waals surface area contributed by atoms with Crippen LogP contribution in [0.4, 0.5) is 0 Å². The number of hydrogen-bond donors (Lipinski definition) is 2. The van der Waals surface area contributed by atoms with Crippen molar-refractivity contribution in [3.05, 3.63) is 29.8 Å². The van der Waals surface area contributed by atoms with E-state index in [0.717, 1.165) is 38.1 Å². The molecule has 1 aromatic carbocycles. The predicted molar refractivity (Wildman–Crippen MR) is 93.6 cm³/mol. The zero-order valence-corrected chi connectivity index (χ0v) is 14.6. The van der Waals surface area contributed by atoms with Crippen LogP contribution in [0.3, 0.4) is 0 Å². The van der Waals surface area contributed by atoms with Gasteiger partial charge in [0.05, 0.1) is 13.2 Å². The minimum absolute atomic E-state index is 0.0551. The molecule has 1 amide bonds. The second-order valence-corrected chi connectivity index (χ2v) is 6.97. The molecular weight excluding hydrogens is 320 g/mol. The molecule has 0 bridgehead atoms. The van der Waals surface area contributed by atoms with Crippen LogP contribution in [0, 0.1) is 5.92 Å². The Bertz CT molecular complexity index is 626. The normalized spacial score (nSPS) is 24.3. The molecule has 2 atom stereocenters. The zero-order valence-electron chi connectivity index (χ0n) is 14.6. The molecule has 6 nitrogen and oxygen atoms in total. The summed E-state index contributed by atoms with van der Waals surface area (Å²) >= 11 is 0. The van der Waals surface area contributed by atoms with Crippen LogP contribution in [-0.4, -0.2) is 54.2 Å². The second kappa shape index (κ2) is 7.87. The van der Waals surface area contributed by atoms with Crippen LogP contribution >= 0.6 is 0 Å². The molecule has 0 spiro atoms. The number of carbonyl (C=O) groups excluding carboxylic acids is 1. The van der Waals surface area contributed by atoms with Crippen molar-refractivity contribution in [2.24, 2.45) is 5.92 Å². The Labute approximate surface area is 148 Å². The summed E-state index contributed by atoms with van der Waals surface area (Å²) in [4.78, 5) is 25.5. The van der Waals surface area contributed by atoms with E-state index < -0.39 is 12.0 Å². The Morgan fingerprint density at radius 2 is 1.84 bits per heavy atom. The van der Waals surface area contributed by atoms with Crippen LogP contribution in [0.5, 0.6) is 5.75 Å². The molecule has 1 aromatic rings. The van der Waals surface area contributed by atoms with Crippen molar-refractivity contribution in [3.8, 4) is 5.75 Å². The number of para-hydroxylation sites is 1. The lowest BCUT2D eigenvalue weighted by Gasteiger charge is -2.34. The number of hydrogen-bond acceptors (Lipinski definition) is 4. The molecule has 0 aliphatic carbocycles. The van der Waals surface area contributed by atoms with Crippen molar-refractivity contribution in [3.63, 3.8) is 0 Å². The van der Waals surface area contributed by atoms with Crippen LogP contribution < -0.4 is 10.1 Å². The number of carboxylic acids is 1. The molecule has 136 valence electrons. The monoisotopic (exact) mass is 346 g/mol. The minimum atomic E-state index is -0.870. The second-order valence-electron chi connectivity index (χ2n) is 6.97. The van der Waals surface area contributed by atoms with Crippen LogP contribution in [0.2, 0.25) is 0 Å². The van der Waals surface area contributed by atoms with Gasteiger partial charge >= 0.3 is 5.97 Å². The summed E-state index contributed by atoms with van der Waals surface area (Å²) in [5.74, 6) is 0.657. The number of rotatable bonds is 5. The molecule has 3 rings (SSSR count). The van der Waals surface area contributed by atoms with Gasteiger partial charge in [0.1, 0.15) is 11.8 Å². The number of methoxy groups -OCH3 is 1. The number of piperidine rings is 1. The maximum atomic E-state index is 12.6. The van der Waals surface area contributed by atoms with E-state index in [4.69, 9.17) is 9.84 Å². The summed E-state index contributed by atoms with van der Waals surface area (Å²) < 4.78 is 5.42. The van der Waals surface area contributed by atoms with Gasteiger partial charge < -0.3 is 14.7 Å². The molecule has 2 aliphatic heterocycles. The number of amides is 1. The predicted octanol–water partition coefficient (Wildman–Crippen LogP) is 1.68. The summed E-state index contributed by atoms with van der Waals surface area (Å²) in [5, 5.41) is 12.0. The van der Waals surface area contributed by atoms with Crippen molar-refractivity contribution in [1.82, 2.24) is 10.2 Å². The highest BCUT2D eigenvalue weighted by Crippen LogP contribution is 2.27. The van der Waals surface area contributed by atoms with Crippen LogP contribution in [-0.2, 0) is 16.0 Å². The molecule has 2 aliphatic rings. The molecule has 2 N–H and O–H groups in total. The van der Waals surface area contributed by atoms with Crippen LogP contribution in [0.1, 0.15) is 31.2 Å². The van der Waals surface area contributed by atoms with Crippen molar-refractivity contribution < 1.29 is 19.4 Å². The molecule has 0 saturated carbocycles. The topological polar surface area (TPSA) is 78.9 Å². The van der Waals surface area contributed by atoms with Crippen molar-refractivity contribution in [2.75, 3.05) is 20.2 Å². The molecular formula is C19H26N2O4. The number of likely N-dealkylation sites (tertiary alicyclic amines) is 1. The number of ether oxygens (including phenoxy) is 1. The summed E-state index contributed by atoms with van der Waals surface area (Å²) in [5.41, 5.74) is 1.22. The summed E-state index contributed by atoms with van der Waals surface area (Å²) in [6.45, 7) is 1.49. The maximum Gasteiger partial charge on any atom is 0.320 e. The highest BCUT2D eigenvalue weighted by molar-refractivity contribution is 5.84. The van der Waals surface area contributed by atoms with E-state index in [1.165, 1.54) is 5.56 Å². The van der Waals surface area contributed by atoms with Crippen molar-refractivity contribution in [1.29, 1.82) is 0 Å². The van der Waals surface area contributed by atoms with E-state index in [9.17, 15) is 9.59 Å². The van der Waals surface area contributed by atoms with Crippen LogP contribution in [0.25, 0.3) is 0 Å². The van der Waals surface area contributed by atoms with E-state index in [2.05, 4.69) is 11.4 Å². The number of benzene rings is 1. The van der Waals surface area contributed by atoms with Gasteiger partial charge in [-0.2, -0.15) is 0 Å². The smallest absolute Gasteiger partial charge is 0.320 e. The Kier molecular flexibility index (Phi) is 5.58. The first-order valence-electron chi connectivity index (χ1n) is 8.98. The summed E-state index contributed by atoms with van der Waals surface area (Å²) in [6.07, 6.45) is 4.04. The van der Waals surface area contributed by atoms with E-state index >= 15 is 0 Å². The molecule has 2 fully saturated rings. The molecule has 0 aromatic heterocycles. The van der Waals surface area contributed by atoms with E-state index in [1.54, 1.807) is 7.11 Å². The van der Waals surface area contributed by atoms with Gasteiger partial charge in [-0.1, -0.05) is 18.2 Å². The van der Waals surface area contributed by atoms with E-state index in [0.29, 0.717) is 18.8 Å². The lowest BCUT2D eigenvalue weighted by atomic mass is 9.89. The van der Waals surface area contributed by atoms with Gasteiger partial charge in [0.25, 0.3) is 0 Å². The van der Waals surface area contributed by atoms with Gasteiger partial charge in [-0.05, 0) is 49.7 Å². The van der Waals surface area contributed by atoms with Gasteiger partial charge in [-0.15, -0.1) is 0 Å². The third kappa shape index (κ3) is 4.12. The molecule has 25 heavy (non-hydrogen) atoms. The van der Waals surface area contributed by atoms with Crippen molar-refractivity contribution >= 4 is 11.9 Å². The van der Waals surface area contributed by atoms with Gasteiger partial charge in [0.15, 0.2) is 0 Å². The van der Waals surface area contributed by atoms with Gasteiger partial charge in [0, 0.05) is 13.1 Å². The summed E-state index contributed by atoms with van der Waals surface area (Å²) in [6, 6.07) is 7.16. The average Bonchev–Trinajstić information content (AvgIpc) is 3.13. The van der Waals surface area contributed by atoms with Gasteiger partial charge in [-0.25, -0.2) is 0 Å². The lowest BCUT2D eigenvalue weighted by Crippen LogP contribution is -2.49. The average molecular weight is 346 g/mol. The fourth-order valence-electron chi connectivity index (χ4n) is 3.89.